The Kier molecular flexibility index (Phi) is 9.30. The molecule has 2 heterocycles. The molecule has 3 rings (SSSR count). The number of nitrogens with zero attached hydrogens (tertiary/aromatic N) is 2. The summed E-state index contributed by atoms with van der Waals surface area (Å²) in [5.41, 5.74) is 0.850. The molecule has 0 aromatic heterocycles. The summed E-state index contributed by atoms with van der Waals surface area (Å²) in [6.07, 6.45) is 6.13. The number of para-hydroxylation sites is 1. The van der Waals surface area contributed by atoms with E-state index in [0.29, 0.717) is 18.2 Å². The number of phenolic OH excluding ortho intramolecular Hbond substituents is 1. The van der Waals surface area contributed by atoms with Gasteiger partial charge in [-0.05, 0) is 24.8 Å². The summed E-state index contributed by atoms with van der Waals surface area (Å²) in [6.45, 7) is 5.32. The van der Waals surface area contributed by atoms with Crippen LogP contribution in [0.4, 0.5) is 0 Å². The SMILES string of the molecule is O=C(CN1CCOCC1)N1CCC(/C=C/c2ccccc2O)CC1.O=C(O)C(=O)O. The number of carboxylic acid groups (broad SMARTS) is 2. The Morgan fingerprint density at radius 3 is 2.17 bits per heavy atom. The van der Waals surface area contributed by atoms with E-state index in [1.807, 2.05) is 29.2 Å². The van der Waals surface area contributed by atoms with Crippen molar-refractivity contribution in [2.75, 3.05) is 45.9 Å². The van der Waals surface area contributed by atoms with Crippen molar-refractivity contribution in [3.05, 3.63) is 35.9 Å². The van der Waals surface area contributed by atoms with E-state index in [4.69, 9.17) is 24.5 Å². The van der Waals surface area contributed by atoms with Crippen LogP contribution in [0.3, 0.4) is 0 Å². The van der Waals surface area contributed by atoms with Crippen LogP contribution < -0.4 is 0 Å². The standard InChI is InChI=1S/C19H26N2O3.C2H2O4/c22-18-4-2-1-3-17(18)6-5-16-7-9-21(10-8-16)19(23)15-20-11-13-24-14-12-20;3-1(4)2(5)6/h1-6,16,22H,7-15H2;(H,3,4)(H,5,6)/b6-5+;. The first-order valence-corrected chi connectivity index (χ1v) is 9.87. The molecule has 2 aliphatic heterocycles. The largest absolute Gasteiger partial charge is 0.507 e. The molecule has 0 aliphatic carbocycles. The highest BCUT2D eigenvalue weighted by atomic mass is 16.5. The van der Waals surface area contributed by atoms with E-state index >= 15 is 0 Å². The van der Waals surface area contributed by atoms with E-state index in [2.05, 4.69) is 11.0 Å². The van der Waals surface area contributed by atoms with Gasteiger partial charge in [0.25, 0.3) is 0 Å². The zero-order valence-electron chi connectivity index (χ0n) is 16.8. The van der Waals surface area contributed by atoms with Gasteiger partial charge in [-0.2, -0.15) is 0 Å². The zero-order valence-corrected chi connectivity index (χ0v) is 16.8. The molecule has 1 aromatic rings. The third-order valence-electron chi connectivity index (χ3n) is 5.02. The maximum atomic E-state index is 12.4. The lowest BCUT2D eigenvalue weighted by atomic mass is 9.95. The van der Waals surface area contributed by atoms with Gasteiger partial charge in [-0.3, -0.25) is 9.69 Å². The van der Waals surface area contributed by atoms with Crippen LogP contribution in [-0.2, 0) is 19.1 Å². The molecule has 0 saturated carbocycles. The van der Waals surface area contributed by atoms with E-state index < -0.39 is 11.9 Å². The highest BCUT2D eigenvalue weighted by molar-refractivity contribution is 6.27. The van der Waals surface area contributed by atoms with Gasteiger partial charge in [0.1, 0.15) is 5.75 Å². The molecule has 2 fully saturated rings. The van der Waals surface area contributed by atoms with Crippen molar-refractivity contribution in [1.29, 1.82) is 0 Å². The molecule has 164 valence electrons. The number of hydrogen-bond donors (Lipinski definition) is 3. The number of allylic oxidation sites excluding steroid dienone is 1. The monoisotopic (exact) mass is 420 g/mol. The molecule has 0 atom stereocenters. The predicted octanol–water partition coefficient (Wildman–Crippen LogP) is 1.13. The Morgan fingerprint density at radius 2 is 1.60 bits per heavy atom. The highest BCUT2D eigenvalue weighted by Gasteiger charge is 2.23. The number of amides is 1. The number of carbonyl (C=O) groups is 3. The van der Waals surface area contributed by atoms with Crippen LogP contribution in [0.25, 0.3) is 6.08 Å². The molecule has 0 unspecified atom stereocenters. The van der Waals surface area contributed by atoms with Gasteiger partial charge in [-0.25, -0.2) is 9.59 Å². The smallest absolute Gasteiger partial charge is 0.414 e. The maximum Gasteiger partial charge on any atom is 0.414 e. The third-order valence-corrected chi connectivity index (χ3v) is 5.02. The fourth-order valence-electron chi connectivity index (χ4n) is 3.26. The summed E-state index contributed by atoms with van der Waals surface area (Å²) in [4.78, 5) is 34.8. The number of carboxylic acids is 2. The molecule has 1 amide bonds. The fourth-order valence-corrected chi connectivity index (χ4v) is 3.26. The number of hydrogen-bond acceptors (Lipinski definition) is 6. The first-order valence-electron chi connectivity index (χ1n) is 9.87. The summed E-state index contributed by atoms with van der Waals surface area (Å²) >= 11 is 0. The Balaban J connectivity index is 0.000000469. The molecular weight excluding hydrogens is 392 g/mol. The number of benzene rings is 1. The molecule has 9 nitrogen and oxygen atoms in total. The van der Waals surface area contributed by atoms with Gasteiger partial charge in [0, 0.05) is 31.7 Å². The second-order valence-corrected chi connectivity index (χ2v) is 7.13. The van der Waals surface area contributed by atoms with Gasteiger partial charge >= 0.3 is 11.9 Å². The van der Waals surface area contributed by atoms with Crippen molar-refractivity contribution in [3.63, 3.8) is 0 Å². The number of aromatic hydroxyl groups is 1. The Morgan fingerprint density at radius 1 is 1.00 bits per heavy atom. The quantitative estimate of drug-likeness (QED) is 0.619. The molecule has 3 N–H and O–H groups in total. The number of likely N-dealkylation sites (tertiary alicyclic amines) is 1. The van der Waals surface area contributed by atoms with Gasteiger partial charge in [0.15, 0.2) is 0 Å². The second-order valence-electron chi connectivity index (χ2n) is 7.13. The van der Waals surface area contributed by atoms with E-state index in [1.54, 1.807) is 6.07 Å². The van der Waals surface area contributed by atoms with Crippen molar-refractivity contribution in [1.82, 2.24) is 9.80 Å². The molecule has 0 bridgehead atoms. The second kappa shape index (κ2) is 11.9. The van der Waals surface area contributed by atoms with Crippen molar-refractivity contribution >= 4 is 23.9 Å². The van der Waals surface area contributed by atoms with Crippen LogP contribution >= 0.6 is 0 Å². The van der Waals surface area contributed by atoms with Crippen molar-refractivity contribution in [2.24, 2.45) is 5.92 Å². The van der Waals surface area contributed by atoms with Crippen LogP contribution in [0.1, 0.15) is 18.4 Å². The lowest BCUT2D eigenvalue weighted by Gasteiger charge is -2.33. The van der Waals surface area contributed by atoms with Gasteiger partial charge in [-0.1, -0.05) is 30.4 Å². The Hall–Kier alpha value is -2.91. The Bertz CT molecular complexity index is 739. The van der Waals surface area contributed by atoms with Gasteiger partial charge in [-0.15, -0.1) is 0 Å². The third kappa shape index (κ3) is 7.84. The minimum Gasteiger partial charge on any atom is -0.507 e. The zero-order chi connectivity index (χ0) is 21.9. The lowest BCUT2D eigenvalue weighted by Crippen LogP contribution is -2.46. The fraction of sp³-hybridized carbons (Fsp3) is 0.476. The number of piperidine rings is 1. The molecule has 2 aliphatic rings. The minimum atomic E-state index is -1.82. The molecule has 0 spiro atoms. The van der Waals surface area contributed by atoms with Crippen LogP contribution in [0.15, 0.2) is 30.3 Å². The predicted molar refractivity (Wildman–Crippen MR) is 109 cm³/mol. The lowest BCUT2D eigenvalue weighted by molar-refractivity contribution is -0.159. The number of phenols is 1. The van der Waals surface area contributed by atoms with Crippen LogP contribution in [0, 0.1) is 5.92 Å². The van der Waals surface area contributed by atoms with Crippen molar-refractivity contribution < 1.29 is 34.4 Å². The number of aliphatic carboxylic acids is 2. The number of morpholine rings is 1. The molecular formula is C21H28N2O7. The van der Waals surface area contributed by atoms with Crippen LogP contribution in [0.5, 0.6) is 5.75 Å². The molecule has 1 aromatic carbocycles. The first-order chi connectivity index (χ1) is 14.4. The first kappa shape index (κ1) is 23.4. The normalized spacial score (nSPS) is 17.9. The molecule has 2 saturated heterocycles. The number of carbonyl (C=O) groups excluding carboxylic acids is 1. The summed E-state index contributed by atoms with van der Waals surface area (Å²) < 4.78 is 5.32. The Labute approximate surface area is 175 Å². The average molecular weight is 420 g/mol. The summed E-state index contributed by atoms with van der Waals surface area (Å²) in [6, 6.07) is 7.36. The van der Waals surface area contributed by atoms with E-state index in [9.17, 15) is 9.90 Å². The van der Waals surface area contributed by atoms with E-state index in [-0.39, 0.29) is 5.91 Å². The van der Waals surface area contributed by atoms with Gasteiger partial charge in [0.05, 0.1) is 19.8 Å². The van der Waals surface area contributed by atoms with Crippen LogP contribution in [-0.4, -0.2) is 88.9 Å². The van der Waals surface area contributed by atoms with Crippen LogP contribution in [0.2, 0.25) is 0 Å². The van der Waals surface area contributed by atoms with Gasteiger partial charge in [0.2, 0.25) is 5.91 Å². The van der Waals surface area contributed by atoms with Crippen molar-refractivity contribution in [2.45, 2.75) is 12.8 Å². The summed E-state index contributed by atoms with van der Waals surface area (Å²) in [7, 11) is 0. The van der Waals surface area contributed by atoms with E-state index in [1.165, 1.54) is 0 Å². The molecule has 0 radical (unpaired) electrons. The molecule has 9 heteroatoms. The average Bonchev–Trinajstić information content (AvgIpc) is 2.74. The molecule has 30 heavy (non-hydrogen) atoms. The van der Waals surface area contributed by atoms with Gasteiger partial charge < -0.3 is 25.0 Å². The highest BCUT2D eigenvalue weighted by Crippen LogP contribution is 2.22. The summed E-state index contributed by atoms with van der Waals surface area (Å²) in [5.74, 6) is -2.63. The van der Waals surface area contributed by atoms with Crippen molar-refractivity contribution in [3.8, 4) is 5.75 Å². The van der Waals surface area contributed by atoms with E-state index in [0.717, 1.165) is 57.8 Å². The summed E-state index contributed by atoms with van der Waals surface area (Å²) in [5, 5.41) is 24.6. The number of rotatable bonds is 4. The maximum absolute atomic E-state index is 12.4. The minimum absolute atomic E-state index is 0.236. The topological polar surface area (TPSA) is 128 Å². The number of ether oxygens (including phenoxy) is 1.